The Balaban J connectivity index is 1.84. The number of carbonyl (C=O) groups excluding carboxylic acids is 1. The summed E-state index contributed by atoms with van der Waals surface area (Å²) < 4.78 is 1.99. The van der Waals surface area contributed by atoms with E-state index in [0.717, 1.165) is 46.8 Å². The first-order valence-corrected chi connectivity index (χ1v) is 10.3. The first-order valence-electron chi connectivity index (χ1n) is 9.53. The first-order chi connectivity index (χ1) is 14.0. The van der Waals surface area contributed by atoms with E-state index in [1.165, 1.54) is 11.3 Å². The summed E-state index contributed by atoms with van der Waals surface area (Å²) in [4.78, 5) is 12.6. The predicted octanol–water partition coefficient (Wildman–Crippen LogP) is 4.83. The minimum Gasteiger partial charge on any atom is -0.317 e. The number of rotatable bonds is 7. The number of aromatic nitrogens is 3. The molecule has 1 N–H and O–H groups in total. The van der Waals surface area contributed by atoms with Crippen LogP contribution in [0.4, 0.5) is 5.13 Å². The molecule has 0 bridgehead atoms. The van der Waals surface area contributed by atoms with E-state index in [9.17, 15) is 10.1 Å². The van der Waals surface area contributed by atoms with Crippen LogP contribution < -0.4 is 5.32 Å². The van der Waals surface area contributed by atoms with E-state index in [4.69, 9.17) is 0 Å². The van der Waals surface area contributed by atoms with Gasteiger partial charge in [0.15, 0.2) is 0 Å². The second-order valence-corrected chi connectivity index (χ2v) is 7.83. The van der Waals surface area contributed by atoms with Gasteiger partial charge in [-0.2, -0.15) is 5.26 Å². The van der Waals surface area contributed by atoms with Crippen LogP contribution in [0.1, 0.15) is 41.6 Å². The highest BCUT2D eigenvalue weighted by atomic mass is 32.1. The Morgan fingerprint density at radius 1 is 1.24 bits per heavy atom. The fourth-order valence-corrected chi connectivity index (χ4v) is 3.87. The number of amides is 1. The molecule has 0 saturated carbocycles. The Bertz CT molecular complexity index is 1070. The molecular formula is C22H23N5OS. The molecule has 0 aliphatic rings. The van der Waals surface area contributed by atoms with Crippen LogP contribution in [-0.4, -0.2) is 20.7 Å². The van der Waals surface area contributed by atoms with Crippen molar-refractivity contribution >= 4 is 28.5 Å². The zero-order chi connectivity index (χ0) is 20.8. The van der Waals surface area contributed by atoms with Crippen LogP contribution in [-0.2, 0) is 11.2 Å². The topological polar surface area (TPSA) is 83.6 Å². The third-order valence-corrected chi connectivity index (χ3v) is 5.45. The van der Waals surface area contributed by atoms with E-state index in [2.05, 4.69) is 22.4 Å². The van der Waals surface area contributed by atoms with Crippen molar-refractivity contribution in [2.45, 2.75) is 40.0 Å². The zero-order valence-corrected chi connectivity index (χ0v) is 17.6. The number of hydrogen-bond acceptors (Lipinski definition) is 5. The molecule has 0 saturated heterocycles. The smallest absolute Gasteiger partial charge is 0.268 e. The van der Waals surface area contributed by atoms with E-state index in [1.54, 1.807) is 6.08 Å². The molecular weight excluding hydrogens is 382 g/mol. The van der Waals surface area contributed by atoms with Crippen LogP contribution in [0.5, 0.6) is 0 Å². The van der Waals surface area contributed by atoms with E-state index in [-0.39, 0.29) is 5.57 Å². The largest absolute Gasteiger partial charge is 0.317 e. The van der Waals surface area contributed by atoms with Gasteiger partial charge in [0, 0.05) is 18.3 Å². The summed E-state index contributed by atoms with van der Waals surface area (Å²) in [6, 6.07) is 11.9. The van der Waals surface area contributed by atoms with Gasteiger partial charge in [-0.15, -0.1) is 10.2 Å². The number of anilines is 1. The van der Waals surface area contributed by atoms with Crippen molar-refractivity contribution in [3.8, 4) is 11.8 Å². The van der Waals surface area contributed by atoms with Crippen LogP contribution in [0.2, 0.25) is 0 Å². The molecule has 0 spiro atoms. The van der Waals surface area contributed by atoms with Gasteiger partial charge in [-0.05, 0) is 49.6 Å². The van der Waals surface area contributed by atoms with Crippen molar-refractivity contribution in [2.75, 3.05) is 5.32 Å². The highest BCUT2D eigenvalue weighted by molar-refractivity contribution is 7.15. The highest BCUT2D eigenvalue weighted by Crippen LogP contribution is 2.23. The second-order valence-electron chi connectivity index (χ2n) is 6.77. The number of benzene rings is 1. The molecule has 1 amide bonds. The van der Waals surface area contributed by atoms with Gasteiger partial charge in [0.2, 0.25) is 5.13 Å². The maximum Gasteiger partial charge on any atom is 0.268 e. The molecule has 1 aromatic carbocycles. The first kappa shape index (κ1) is 20.5. The molecule has 0 fully saturated rings. The number of aryl methyl sites for hydroxylation is 3. The monoisotopic (exact) mass is 405 g/mol. The lowest BCUT2D eigenvalue weighted by molar-refractivity contribution is -0.112. The number of para-hydroxylation sites is 1. The number of unbranched alkanes of at least 4 members (excludes halogenated alkanes) is 1. The molecule has 0 atom stereocenters. The van der Waals surface area contributed by atoms with Gasteiger partial charge in [-0.1, -0.05) is 42.9 Å². The summed E-state index contributed by atoms with van der Waals surface area (Å²) in [6.07, 6.45) is 6.47. The lowest BCUT2D eigenvalue weighted by Crippen LogP contribution is -2.13. The number of nitrogens with one attached hydrogen (secondary N) is 1. The summed E-state index contributed by atoms with van der Waals surface area (Å²) >= 11 is 1.34. The Morgan fingerprint density at radius 3 is 2.69 bits per heavy atom. The quantitative estimate of drug-likeness (QED) is 0.450. The van der Waals surface area contributed by atoms with Gasteiger partial charge >= 0.3 is 0 Å². The van der Waals surface area contributed by atoms with E-state index in [1.807, 2.05) is 61.0 Å². The molecule has 0 unspecified atom stereocenters. The lowest BCUT2D eigenvalue weighted by Gasteiger charge is -2.13. The summed E-state index contributed by atoms with van der Waals surface area (Å²) in [5.74, 6) is -0.486. The minimum atomic E-state index is -0.486. The Labute approximate surface area is 174 Å². The van der Waals surface area contributed by atoms with Gasteiger partial charge in [-0.25, -0.2) is 0 Å². The van der Waals surface area contributed by atoms with Crippen molar-refractivity contribution in [3.05, 3.63) is 63.9 Å². The number of carbonyl (C=O) groups is 1. The number of nitrogens with zero attached hydrogens (tertiary/aromatic N) is 4. The van der Waals surface area contributed by atoms with Gasteiger partial charge in [0.05, 0.1) is 5.69 Å². The van der Waals surface area contributed by atoms with Gasteiger partial charge in [-0.3, -0.25) is 10.1 Å². The molecule has 29 heavy (non-hydrogen) atoms. The molecule has 3 rings (SSSR count). The van der Waals surface area contributed by atoms with Crippen molar-refractivity contribution in [1.29, 1.82) is 5.26 Å². The lowest BCUT2D eigenvalue weighted by atomic mass is 10.1. The van der Waals surface area contributed by atoms with Crippen LogP contribution in [0.25, 0.3) is 11.8 Å². The maximum atomic E-state index is 12.6. The fraction of sp³-hybridized carbons (Fsp3) is 0.273. The third kappa shape index (κ3) is 4.79. The fourth-order valence-electron chi connectivity index (χ4n) is 3.10. The van der Waals surface area contributed by atoms with Gasteiger partial charge in [0.25, 0.3) is 5.91 Å². The molecule has 0 radical (unpaired) electrons. The normalized spacial score (nSPS) is 11.3. The van der Waals surface area contributed by atoms with E-state index in [0.29, 0.717) is 5.13 Å². The number of hydrogen-bond donors (Lipinski definition) is 1. The predicted molar refractivity (Wildman–Crippen MR) is 116 cm³/mol. The van der Waals surface area contributed by atoms with Gasteiger partial charge in [0.1, 0.15) is 16.6 Å². The molecule has 6 nitrogen and oxygen atoms in total. The average molecular weight is 406 g/mol. The highest BCUT2D eigenvalue weighted by Gasteiger charge is 2.15. The summed E-state index contributed by atoms with van der Waals surface area (Å²) in [5.41, 5.74) is 4.06. The standard InChI is InChI=1S/C22H23N5OS/c1-4-5-11-19-25-26-22(29-19)24-21(28)17(14-23)13-18-10-7-12-27(18)20-15(2)8-6-9-16(20)3/h6-10,12-13H,4-5,11H2,1-3H3,(H,24,26,28)/b17-13-. The second kappa shape index (κ2) is 9.30. The zero-order valence-electron chi connectivity index (χ0n) is 16.8. The van der Waals surface area contributed by atoms with Crippen LogP contribution >= 0.6 is 11.3 Å². The molecule has 148 valence electrons. The molecule has 2 heterocycles. The third-order valence-electron chi connectivity index (χ3n) is 4.55. The maximum absolute atomic E-state index is 12.6. The number of nitriles is 1. The van der Waals surface area contributed by atoms with Crippen molar-refractivity contribution in [3.63, 3.8) is 0 Å². The molecule has 2 aromatic heterocycles. The van der Waals surface area contributed by atoms with E-state index >= 15 is 0 Å². The van der Waals surface area contributed by atoms with Crippen molar-refractivity contribution in [2.24, 2.45) is 0 Å². The Hall–Kier alpha value is -3.24. The minimum absolute atomic E-state index is 0.0153. The molecule has 7 heteroatoms. The van der Waals surface area contributed by atoms with Gasteiger partial charge < -0.3 is 4.57 Å². The van der Waals surface area contributed by atoms with Crippen LogP contribution in [0, 0.1) is 25.2 Å². The molecule has 3 aromatic rings. The van der Waals surface area contributed by atoms with E-state index < -0.39 is 5.91 Å². The van der Waals surface area contributed by atoms with Crippen LogP contribution in [0.3, 0.4) is 0 Å². The molecule has 0 aliphatic carbocycles. The Kier molecular flexibility index (Phi) is 6.57. The van der Waals surface area contributed by atoms with Crippen LogP contribution in [0.15, 0.2) is 42.1 Å². The van der Waals surface area contributed by atoms with Crippen molar-refractivity contribution < 1.29 is 4.79 Å². The average Bonchev–Trinajstić information content (AvgIpc) is 3.33. The summed E-state index contributed by atoms with van der Waals surface area (Å²) in [6.45, 7) is 6.20. The Morgan fingerprint density at radius 2 is 2.00 bits per heavy atom. The van der Waals surface area contributed by atoms with Crippen molar-refractivity contribution in [1.82, 2.24) is 14.8 Å². The summed E-state index contributed by atoms with van der Waals surface area (Å²) in [7, 11) is 0. The summed E-state index contributed by atoms with van der Waals surface area (Å²) in [5, 5.41) is 21.6. The molecule has 0 aliphatic heterocycles. The SMILES string of the molecule is CCCCc1nnc(NC(=O)/C(C#N)=C\c2cccn2-c2c(C)cccc2C)s1.